The first kappa shape index (κ1) is 13.8. The summed E-state index contributed by atoms with van der Waals surface area (Å²) in [6.45, 7) is 6.79. The maximum Gasteiger partial charge on any atom is 0.0595 e. The van der Waals surface area contributed by atoms with E-state index in [-0.39, 0.29) is 11.6 Å². The molecule has 16 heavy (non-hydrogen) atoms. The smallest absolute Gasteiger partial charge is 0.0595 e. The number of hydrogen-bond donors (Lipinski definition) is 2. The third-order valence-electron chi connectivity index (χ3n) is 2.31. The highest BCUT2D eigenvalue weighted by atomic mass is 35.5. The van der Waals surface area contributed by atoms with Crippen LogP contribution in [0.1, 0.15) is 32.4 Å². The van der Waals surface area contributed by atoms with Gasteiger partial charge in [0.1, 0.15) is 0 Å². The fourth-order valence-corrected chi connectivity index (χ4v) is 1.62. The van der Waals surface area contributed by atoms with Crippen LogP contribution < -0.4 is 11.1 Å². The Morgan fingerprint density at radius 1 is 1.31 bits per heavy atom. The summed E-state index contributed by atoms with van der Waals surface area (Å²) in [5, 5.41) is 4.52. The summed E-state index contributed by atoms with van der Waals surface area (Å²) in [6.07, 6.45) is 0. The first-order valence-corrected chi connectivity index (χ1v) is 6.02. The van der Waals surface area contributed by atoms with Crippen LogP contribution in [0.5, 0.6) is 0 Å². The van der Waals surface area contributed by atoms with Crippen LogP contribution in [0.4, 0.5) is 0 Å². The zero-order valence-electron chi connectivity index (χ0n) is 9.85. The molecule has 0 aliphatic heterocycles. The van der Waals surface area contributed by atoms with Gasteiger partial charge in [-0.05, 0) is 38.5 Å². The summed E-state index contributed by atoms with van der Waals surface area (Å²) in [5.41, 5.74) is 6.80. The van der Waals surface area contributed by atoms with Gasteiger partial charge in [-0.2, -0.15) is 0 Å². The summed E-state index contributed by atoms with van der Waals surface area (Å²) in [4.78, 5) is 0. The quantitative estimate of drug-likeness (QED) is 0.871. The van der Waals surface area contributed by atoms with Crippen LogP contribution in [0.3, 0.4) is 0 Å². The van der Waals surface area contributed by atoms with E-state index < -0.39 is 0 Å². The lowest BCUT2D eigenvalue weighted by Crippen LogP contribution is -2.43. The van der Waals surface area contributed by atoms with E-state index in [0.717, 1.165) is 12.1 Å². The normalized spacial score (nSPS) is 13.9. The molecular formula is C12H18Cl2N2. The van der Waals surface area contributed by atoms with Gasteiger partial charge < -0.3 is 11.1 Å². The SMILES string of the molecule is CC(NCC(C)(C)N)c1ccc(Cl)c(Cl)c1. The van der Waals surface area contributed by atoms with Crippen molar-refractivity contribution in [2.75, 3.05) is 6.54 Å². The minimum absolute atomic E-state index is 0.206. The number of hydrogen-bond acceptors (Lipinski definition) is 2. The number of halogens is 2. The predicted octanol–water partition coefficient (Wildman–Crippen LogP) is 3.38. The van der Waals surface area contributed by atoms with Crippen LogP contribution in [-0.2, 0) is 0 Å². The third kappa shape index (κ3) is 4.30. The van der Waals surface area contributed by atoms with E-state index in [9.17, 15) is 0 Å². The average Bonchev–Trinajstić information content (AvgIpc) is 2.17. The zero-order chi connectivity index (χ0) is 12.3. The van der Waals surface area contributed by atoms with Crippen molar-refractivity contribution in [1.29, 1.82) is 0 Å². The van der Waals surface area contributed by atoms with Crippen molar-refractivity contribution >= 4 is 23.2 Å². The molecule has 2 nitrogen and oxygen atoms in total. The molecule has 0 amide bonds. The van der Waals surface area contributed by atoms with E-state index in [2.05, 4.69) is 12.2 Å². The Morgan fingerprint density at radius 2 is 1.94 bits per heavy atom. The molecule has 0 aliphatic carbocycles. The van der Waals surface area contributed by atoms with E-state index in [0.29, 0.717) is 10.0 Å². The summed E-state index contributed by atoms with van der Waals surface area (Å²) in [6, 6.07) is 5.86. The van der Waals surface area contributed by atoms with Gasteiger partial charge >= 0.3 is 0 Å². The van der Waals surface area contributed by atoms with Gasteiger partial charge in [0.15, 0.2) is 0 Å². The maximum atomic E-state index is 5.96. The van der Waals surface area contributed by atoms with Crippen LogP contribution in [-0.4, -0.2) is 12.1 Å². The molecule has 0 saturated carbocycles. The highest BCUT2D eigenvalue weighted by Gasteiger charge is 2.13. The van der Waals surface area contributed by atoms with Crippen LogP contribution in [0.2, 0.25) is 10.0 Å². The maximum absolute atomic E-state index is 5.96. The highest BCUT2D eigenvalue weighted by Crippen LogP contribution is 2.25. The highest BCUT2D eigenvalue weighted by molar-refractivity contribution is 6.42. The molecule has 0 aliphatic rings. The van der Waals surface area contributed by atoms with Crippen molar-refractivity contribution < 1.29 is 0 Å². The minimum atomic E-state index is -0.218. The largest absolute Gasteiger partial charge is 0.324 e. The Morgan fingerprint density at radius 3 is 2.44 bits per heavy atom. The van der Waals surface area contributed by atoms with Crippen LogP contribution in [0.15, 0.2) is 18.2 Å². The van der Waals surface area contributed by atoms with Crippen LogP contribution in [0, 0.1) is 0 Å². The summed E-state index contributed by atoms with van der Waals surface area (Å²) >= 11 is 11.8. The third-order valence-corrected chi connectivity index (χ3v) is 3.05. The zero-order valence-corrected chi connectivity index (χ0v) is 11.4. The Labute approximate surface area is 107 Å². The number of benzene rings is 1. The Kier molecular flexibility index (Phi) is 4.62. The lowest BCUT2D eigenvalue weighted by molar-refractivity contribution is 0.434. The molecule has 1 unspecified atom stereocenters. The van der Waals surface area contributed by atoms with E-state index in [1.807, 2.05) is 32.0 Å². The first-order valence-electron chi connectivity index (χ1n) is 5.27. The molecule has 0 heterocycles. The van der Waals surface area contributed by atoms with Crippen molar-refractivity contribution in [3.05, 3.63) is 33.8 Å². The van der Waals surface area contributed by atoms with E-state index in [1.165, 1.54) is 0 Å². The average molecular weight is 261 g/mol. The summed E-state index contributed by atoms with van der Waals surface area (Å²) in [7, 11) is 0. The Balaban J connectivity index is 2.66. The van der Waals surface area contributed by atoms with Gasteiger partial charge in [-0.15, -0.1) is 0 Å². The van der Waals surface area contributed by atoms with E-state index >= 15 is 0 Å². The molecule has 0 aromatic heterocycles. The van der Waals surface area contributed by atoms with Crippen LogP contribution >= 0.6 is 23.2 Å². The number of rotatable bonds is 4. The second-order valence-electron chi connectivity index (χ2n) is 4.76. The second kappa shape index (κ2) is 5.37. The molecule has 1 aromatic rings. The molecule has 1 aromatic carbocycles. The molecule has 1 rings (SSSR count). The van der Waals surface area contributed by atoms with Gasteiger partial charge in [0, 0.05) is 18.1 Å². The molecular weight excluding hydrogens is 243 g/mol. The molecule has 1 atom stereocenters. The van der Waals surface area contributed by atoms with Gasteiger partial charge in [0.05, 0.1) is 10.0 Å². The second-order valence-corrected chi connectivity index (χ2v) is 5.58. The van der Waals surface area contributed by atoms with Gasteiger partial charge in [-0.25, -0.2) is 0 Å². The lowest BCUT2D eigenvalue weighted by Gasteiger charge is -2.23. The molecule has 0 spiro atoms. The number of nitrogens with two attached hydrogens (primary N) is 1. The van der Waals surface area contributed by atoms with Gasteiger partial charge in [0.25, 0.3) is 0 Å². The molecule has 0 fully saturated rings. The van der Waals surface area contributed by atoms with Gasteiger partial charge in [-0.3, -0.25) is 0 Å². The molecule has 3 N–H and O–H groups in total. The van der Waals surface area contributed by atoms with Crippen molar-refractivity contribution in [1.82, 2.24) is 5.32 Å². The van der Waals surface area contributed by atoms with Crippen molar-refractivity contribution in [3.63, 3.8) is 0 Å². The van der Waals surface area contributed by atoms with Gasteiger partial charge in [0.2, 0.25) is 0 Å². The van der Waals surface area contributed by atoms with Crippen LogP contribution in [0.25, 0.3) is 0 Å². The van der Waals surface area contributed by atoms with E-state index in [1.54, 1.807) is 0 Å². The molecule has 4 heteroatoms. The predicted molar refractivity (Wildman–Crippen MR) is 71.1 cm³/mol. The first-order chi connectivity index (χ1) is 7.29. The van der Waals surface area contributed by atoms with Crippen molar-refractivity contribution in [2.45, 2.75) is 32.4 Å². The van der Waals surface area contributed by atoms with Crippen molar-refractivity contribution in [3.8, 4) is 0 Å². The Bertz CT molecular complexity index is 359. The van der Waals surface area contributed by atoms with E-state index in [4.69, 9.17) is 28.9 Å². The lowest BCUT2D eigenvalue weighted by atomic mass is 10.0. The fourth-order valence-electron chi connectivity index (χ4n) is 1.32. The van der Waals surface area contributed by atoms with Crippen molar-refractivity contribution in [2.24, 2.45) is 5.73 Å². The minimum Gasteiger partial charge on any atom is -0.324 e. The topological polar surface area (TPSA) is 38.0 Å². The fraction of sp³-hybridized carbons (Fsp3) is 0.500. The number of nitrogens with one attached hydrogen (secondary N) is 1. The molecule has 0 bridgehead atoms. The van der Waals surface area contributed by atoms with Gasteiger partial charge in [-0.1, -0.05) is 29.3 Å². The molecule has 90 valence electrons. The summed E-state index contributed by atoms with van der Waals surface area (Å²) < 4.78 is 0. The Hall–Kier alpha value is -0.280. The standard InChI is InChI=1S/C12H18Cl2N2/c1-8(16-7-12(2,3)15)9-4-5-10(13)11(14)6-9/h4-6,8,16H,7,15H2,1-3H3. The summed E-state index contributed by atoms with van der Waals surface area (Å²) in [5.74, 6) is 0. The molecule has 0 saturated heterocycles. The monoisotopic (exact) mass is 260 g/mol. The molecule has 0 radical (unpaired) electrons.